The molecule has 2 heterocycles. The molecule has 26 heavy (non-hydrogen) atoms. The Kier molecular flexibility index (Phi) is 4.09. The van der Waals surface area contributed by atoms with Crippen LogP contribution < -0.4 is 10.1 Å². The fourth-order valence-electron chi connectivity index (χ4n) is 2.51. The highest BCUT2D eigenvalue weighted by Gasteiger charge is 2.15. The van der Waals surface area contributed by atoms with Crippen molar-refractivity contribution in [1.29, 1.82) is 0 Å². The molecule has 2 aromatic carbocycles. The first-order valence-corrected chi connectivity index (χ1v) is 9.05. The molecular formula is C17H9BrN4O3S. The van der Waals surface area contributed by atoms with Crippen LogP contribution in [0.15, 0.2) is 57.8 Å². The number of nitro benzene ring substituents is 1. The maximum atomic E-state index is 12.6. The zero-order chi connectivity index (χ0) is 18.3. The lowest BCUT2D eigenvalue weighted by Crippen LogP contribution is -2.23. The van der Waals surface area contributed by atoms with Crippen molar-refractivity contribution in [2.24, 2.45) is 0 Å². The van der Waals surface area contributed by atoms with Gasteiger partial charge >= 0.3 is 0 Å². The Hall–Kier alpha value is -2.91. The van der Waals surface area contributed by atoms with Gasteiger partial charge in [-0.3, -0.25) is 14.9 Å². The molecule has 0 aliphatic carbocycles. The average molecular weight is 429 g/mol. The minimum absolute atomic E-state index is 0.0557. The normalized spacial score (nSPS) is 12.0. The largest absolute Gasteiger partial charge is 0.291 e. The van der Waals surface area contributed by atoms with E-state index in [2.05, 4.69) is 26.0 Å². The highest BCUT2D eigenvalue weighted by Crippen LogP contribution is 2.25. The van der Waals surface area contributed by atoms with Gasteiger partial charge < -0.3 is 0 Å². The van der Waals surface area contributed by atoms with Crippen LogP contribution in [0.4, 0.5) is 5.69 Å². The molecule has 0 amide bonds. The molecule has 4 aromatic rings. The summed E-state index contributed by atoms with van der Waals surface area (Å²) in [5, 5.41) is 15.4. The third kappa shape index (κ3) is 2.80. The summed E-state index contributed by atoms with van der Waals surface area (Å²) < 4.78 is 2.39. The van der Waals surface area contributed by atoms with Gasteiger partial charge in [0, 0.05) is 16.1 Å². The van der Waals surface area contributed by atoms with Gasteiger partial charge in [0.05, 0.1) is 15.0 Å². The number of fused-ring (bicyclic) bond motifs is 1. The van der Waals surface area contributed by atoms with Crippen LogP contribution in [-0.2, 0) is 0 Å². The van der Waals surface area contributed by atoms with Gasteiger partial charge in [-0.2, -0.15) is 9.50 Å². The molecule has 0 spiro atoms. The van der Waals surface area contributed by atoms with Crippen LogP contribution in [0.5, 0.6) is 0 Å². The number of halogens is 1. The van der Waals surface area contributed by atoms with Gasteiger partial charge in [0.25, 0.3) is 11.2 Å². The summed E-state index contributed by atoms with van der Waals surface area (Å²) in [6, 6.07) is 13.7. The Bertz CT molecular complexity index is 1260. The maximum absolute atomic E-state index is 12.6. The Morgan fingerprint density at radius 3 is 2.62 bits per heavy atom. The van der Waals surface area contributed by atoms with Crippen molar-refractivity contribution in [2.75, 3.05) is 0 Å². The first-order valence-electron chi connectivity index (χ1n) is 7.44. The topological polar surface area (TPSA) is 90.4 Å². The Balaban J connectivity index is 1.86. The van der Waals surface area contributed by atoms with Crippen molar-refractivity contribution in [3.05, 3.63) is 83.6 Å². The van der Waals surface area contributed by atoms with Crippen molar-refractivity contribution in [3.8, 4) is 11.4 Å². The number of para-hydroxylation sites is 1. The van der Waals surface area contributed by atoms with E-state index < -0.39 is 4.92 Å². The molecule has 0 aliphatic heterocycles. The predicted octanol–water partition coefficient (Wildman–Crippen LogP) is 3.04. The fraction of sp³-hybridized carbons (Fsp3) is 0. The standard InChI is InChI=1S/C17H9BrN4O3S/c18-12-7-3-2-6-11(12)15-19-17-21(20-15)16(23)14(26-17)9-10-5-1-4-8-13(10)22(24)25/h1-9H/b14-9-. The quantitative estimate of drug-likeness (QED) is 0.369. The third-order valence-electron chi connectivity index (χ3n) is 3.72. The number of hydrogen-bond acceptors (Lipinski definition) is 6. The Morgan fingerprint density at radius 1 is 1.15 bits per heavy atom. The smallest absolute Gasteiger partial charge is 0.266 e. The van der Waals surface area contributed by atoms with E-state index in [0.29, 0.717) is 20.9 Å². The minimum atomic E-state index is -0.474. The summed E-state index contributed by atoms with van der Waals surface area (Å²) in [7, 11) is 0. The molecule has 0 N–H and O–H groups in total. The fourth-order valence-corrected chi connectivity index (χ4v) is 3.87. The van der Waals surface area contributed by atoms with Crippen molar-refractivity contribution >= 4 is 44.0 Å². The first-order chi connectivity index (χ1) is 12.5. The van der Waals surface area contributed by atoms with E-state index in [1.807, 2.05) is 24.3 Å². The number of nitro groups is 1. The SMILES string of the molecule is O=c1/c(=C/c2ccccc2[N+](=O)[O-])sc2nc(-c3ccccc3Br)nn12. The van der Waals surface area contributed by atoms with E-state index in [1.54, 1.807) is 18.2 Å². The summed E-state index contributed by atoms with van der Waals surface area (Å²) in [5.41, 5.74) is 0.742. The molecule has 0 saturated carbocycles. The average Bonchev–Trinajstić information content (AvgIpc) is 3.16. The van der Waals surface area contributed by atoms with Gasteiger partial charge in [-0.05, 0) is 24.3 Å². The third-order valence-corrected chi connectivity index (χ3v) is 5.37. The second kappa shape index (κ2) is 6.43. The minimum Gasteiger partial charge on any atom is -0.266 e. The molecule has 0 fully saturated rings. The van der Waals surface area contributed by atoms with Crippen molar-refractivity contribution in [1.82, 2.24) is 14.6 Å². The molecule has 0 unspecified atom stereocenters. The van der Waals surface area contributed by atoms with Crippen molar-refractivity contribution in [2.45, 2.75) is 0 Å². The molecule has 4 rings (SSSR count). The van der Waals surface area contributed by atoms with E-state index in [0.717, 1.165) is 21.4 Å². The van der Waals surface area contributed by atoms with Crippen LogP contribution in [-0.4, -0.2) is 19.5 Å². The van der Waals surface area contributed by atoms with Gasteiger partial charge in [0.1, 0.15) is 0 Å². The molecule has 9 heteroatoms. The van der Waals surface area contributed by atoms with Gasteiger partial charge in [-0.25, -0.2) is 0 Å². The molecule has 128 valence electrons. The van der Waals surface area contributed by atoms with Gasteiger partial charge in [-0.15, -0.1) is 5.10 Å². The van der Waals surface area contributed by atoms with Crippen molar-refractivity contribution < 1.29 is 4.92 Å². The summed E-state index contributed by atoms with van der Waals surface area (Å²) >= 11 is 4.59. The second-order valence-corrected chi connectivity index (χ2v) is 7.20. The summed E-state index contributed by atoms with van der Waals surface area (Å²) in [6.45, 7) is 0. The van der Waals surface area contributed by atoms with Crippen LogP contribution >= 0.6 is 27.3 Å². The van der Waals surface area contributed by atoms with E-state index >= 15 is 0 Å². The molecule has 0 radical (unpaired) electrons. The van der Waals surface area contributed by atoms with Gasteiger partial charge in [0.15, 0.2) is 5.82 Å². The first kappa shape index (κ1) is 16.6. The molecule has 2 aromatic heterocycles. The lowest BCUT2D eigenvalue weighted by atomic mass is 10.2. The number of nitrogens with zero attached hydrogens (tertiary/aromatic N) is 4. The number of rotatable bonds is 3. The highest BCUT2D eigenvalue weighted by molar-refractivity contribution is 9.10. The van der Waals surface area contributed by atoms with Crippen LogP contribution in [0, 0.1) is 10.1 Å². The van der Waals surface area contributed by atoms with Crippen LogP contribution in [0.25, 0.3) is 22.4 Å². The molecule has 0 bridgehead atoms. The Morgan fingerprint density at radius 2 is 1.88 bits per heavy atom. The number of aromatic nitrogens is 3. The molecule has 0 saturated heterocycles. The number of benzene rings is 2. The highest BCUT2D eigenvalue weighted by atomic mass is 79.9. The Labute approximate surface area is 158 Å². The number of hydrogen-bond donors (Lipinski definition) is 0. The lowest BCUT2D eigenvalue weighted by Gasteiger charge is -1.97. The summed E-state index contributed by atoms with van der Waals surface area (Å²) in [4.78, 5) is 28.1. The zero-order valence-corrected chi connectivity index (χ0v) is 15.4. The summed E-state index contributed by atoms with van der Waals surface area (Å²) in [6.07, 6.45) is 1.50. The van der Waals surface area contributed by atoms with Crippen LogP contribution in [0.1, 0.15) is 5.56 Å². The van der Waals surface area contributed by atoms with Crippen molar-refractivity contribution in [3.63, 3.8) is 0 Å². The van der Waals surface area contributed by atoms with E-state index in [4.69, 9.17) is 0 Å². The monoisotopic (exact) mass is 428 g/mol. The lowest BCUT2D eigenvalue weighted by molar-refractivity contribution is -0.385. The van der Waals surface area contributed by atoms with Gasteiger partial charge in [0.2, 0.25) is 4.96 Å². The van der Waals surface area contributed by atoms with Crippen LogP contribution in [0.3, 0.4) is 0 Å². The maximum Gasteiger partial charge on any atom is 0.291 e. The summed E-state index contributed by atoms with van der Waals surface area (Å²) in [5.74, 6) is 0.443. The number of thiazole rings is 1. The molecule has 0 atom stereocenters. The van der Waals surface area contributed by atoms with Crippen LogP contribution in [0.2, 0.25) is 0 Å². The molecule has 7 nitrogen and oxygen atoms in total. The second-order valence-electron chi connectivity index (χ2n) is 5.34. The molecule has 0 aliphatic rings. The molecular weight excluding hydrogens is 420 g/mol. The van der Waals surface area contributed by atoms with E-state index in [-0.39, 0.29) is 11.2 Å². The van der Waals surface area contributed by atoms with E-state index in [1.165, 1.54) is 16.7 Å². The van der Waals surface area contributed by atoms with E-state index in [9.17, 15) is 14.9 Å². The van der Waals surface area contributed by atoms with Gasteiger partial charge in [-0.1, -0.05) is 51.5 Å². The zero-order valence-electron chi connectivity index (χ0n) is 13.0. The predicted molar refractivity (Wildman–Crippen MR) is 102 cm³/mol.